The van der Waals surface area contributed by atoms with Crippen LogP contribution in [0.3, 0.4) is 0 Å². The van der Waals surface area contributed by atoms with E-state index >= 15 is 0 Å². The van der Waals surface area contributed by atoms with Gasteiger partial charge in [0.2, 0.25) is 5.91 Å². The van der Waals surface area contributed by atoms with Crippen molar-refractivity contribution in [2.45, 2.75) is 25.4 Å². The van der Waals surface area contributed by atoms with Gasteiger partial charge in [-0.2, -0.15) is 0 Å². The van der Waals surface area contributed by atoms with Crippen LogP contribution in [0.2, 0.25) is 0 Å². The molecule has 4 amide bonds. The van der Waals surface area contributed by atoms with E-state index in [1.54, 1.807) is 36.4 Å². The first-order valence-electron chi connectivity index (χ1n) is 10.1. The summed E-state index contributed by atoms with van der Waals surface area (Å²) >= 11 is 0.945. The minimum atomic E-state index is -1.22. The number of anilines is 1. The molecule has 10 heteroatoms. The van der Waals surface area contributed by atoms with Gasteiger partial charge in [-0.3, -0.25) is 9.59 Å². The van der Waals surface area contributed by atoms with Crippen molar-refractivity contribution in [3.63, 3.8) is 0 Å². The van der Waals surface area contributed by atoms with Gasteiger partial charge in [0.15, 0.2) is 10.8 Å². The number of nitrogens with one attached hydrogen (secondary N) is 2. The Balaban J connectivity index is 1.62. The van der Waals surface area contributed by atoms with Crippen molar-refractivity contribution in [3.8, 4) is 0 Å². The van der Waals surface area contributed by atoms with Crippen LogP contribution < -0.4 is 10.6 Å². The lowest BCUT2D eigenvalue weighted by atomic mass is 10.0. The number of imide groups is 1. The average molecular weight is 465 g/mol. The molecule has 9 nitrogen and oxygen atoms in total. The van der Waals surface area contributed by atoms with Gasteiger partial charge >= 0.3 is 12.0 Å². The van der Waals surface area contributed by atoms with E-state index in [0.29, 0.717) is 5.56 Å². The number of aromatic carboxylic acids is 1. The van der Waals surface area contributed by atoms with Gasteiger partial charge in [0.05, 0.1) is 0 Å². The quantitative estimate of drug-likeness (QED) is 0.461. The molecule has 1 aliphatic heterocycles. The average Bonchev–Trinajstić information content (AvgIpc) is 3.38. The molecule has 0 bridgehead atoms. The van der Waals surface area contributed by atoms with Crippen LogP contribution in [0.1, 0.15) is 33.2 Å². The largest absolute Gasteiger partial charge is 0.476 e. The highest BCUT2D eigenvalue weighted by Gasteiger charge is 2.45. The van der Waals surface area contributed by atoms with Crippen LogP contribution in [0.15, 0.2) is 60.0 Å². The van der Waals surface area contributed by atoms with Crippen LogP contribution in [0.4, 0.5) is 9.93 Å². The van der Waals surface area contributed by atoms with Gasteiger partial charge in [0.1, 0.15) is 12.1 Å². The smallest absolute Gasteiger partial charge is 0.355 e. The number of hydrogen-bond acceptors (Lipinski definition) is 6. The van der Waals surface area contributed by atoms with Crippen molar-refractivity contribution in [3.05, 3.63) is 82.4 Å². The van der Waals surface area contributed by atoms with Crippen LogP contribution in [-0.2, 0) is 16.0 Å². The van der Waals surface area contributed by atoms with E-state index in [-0.39, 0.29) is 17.2 Å². The van der Waals surface area contributed by atoms with Crippen molar-refractivity contribution in [2.75, 3.05) is 5.32 Å². The molecule has 3 aromatic rings. The first-order valence-corrected chi connectivity index (χ1v) is 10.9. The van der Waals surface area contributed by atoms with E-state index in [4.69, 9.17) is 5.11 Å². The van der Waals surface area contributed by atoms with Crippen LogP contribution in [0.25, 0.3) is 0 Å². The standard InChI is InChI=1S/C23H20N4O5S/c1-13-7-9-15(10-8-13)18-20(29)27(23(32)25-18)17(11-14-5-3-2-4-6-14)19(28)26-22-24-16(12-33-22)21(30)31/h2-10,12,17-18H,11H2,1H3,(H,25,32)(H,30,31)(H,24,26,28)/t17-,18?/m0/s1. The summed E-state index contributed by atoms with van der Waals surface area (Å²) in [5, 5.41) is 15.6. The molecule has 0 aliphatic carbocycles. The Morgan fingerprint density at radius 2 is 1.85 bits per heavy atom. The molecular weight excluding hydrogens is 444 g/mol. The second-order valence-corrected chi connectivity index (χ2v) is 8.40. The number of carbonyl (C=O) groups is 4. The van der Waals surface area contributed by atoms with E-state index in [9.17, 15) is 19.2 Å². The van der Waals surface area contributed by atoms with Gasteiger partial charge in [0, 0.05) is 11.8 Å². The number of benzene rings is 2. The third kappa shape index (κ3) is 4.75. The maximum Gasteiger partial charge on any atom is 0.355 e. The van der Waals surface area contributed by atoms with Gasteiger partial charge in [-0.05, 0) is 18.1 Å². The Kier molecular flexibility index (Phi) is 6.18. The Morgan fingerprint density at radius 1 is 1.15 bits per heavy atom. The van der Waals surface area contributed by atoms with Gasteiger partial charge in [-0.1, -0.05) is 60.2 Å². The molecule has 168 valence electrons. The van der Waals surface area contributed by atoms with Crippen molar-refractivity contribution >= 4 is 40.3 Å². The number of aryl methyl sites for hydroxylation is 1. The lowest BCUT2D eigenvalue weighted by Gasteiger charge is -2.24. The molecule has 1 fully saturated rings. The van der Waals surface area contributed by atoms with Crippen molar-refractivity contribution in [1.29, 1.82) is 0 Å². The Hall–Kier alpha value is -4.05. The zero-order chi connectivity index (χ0) is 23.5. The van der Waals surface area contributed by atoms with E-state index in [1.165, 1.54) is 5.38 Å². The highest BCUT2D eigenvalue weighted by Crippen LogP contribution is 2.26. The molecule has 3 N–H and O–H groups in total. The summed E-state index contributed by atoms with van der Waals surface area (Å²) in [7, 11) is 0. The summed E-state index contributed by atoms with van der Waals surface area (Å²) in [5.74, 6) is -2.40. The monoisotopic (exact) mass is 464 g/mol. The van der Waals surface area contributed by atoms with Gasteiger partial charge in [0.25, 0.3) is 5.91 Å². The molecule has 0 spiro atoms. The van der Waals surface area contributed by atoms with Crippen LogP contribution >= 0.6 is 11.3 Å². The minimum Gasteiger partial charge on any atom is -0.476 e. The second-order valence-electron chi connectivity index (χ2n) is 7.54. The van der Waals surface area contributed by atoms with Crippen molar-refractivity contribution < 1.29 is 24.3 Å². The zero-order valence-corrected chi connectivity index (χ0v) is 18.3. The molecule has 1 aromatic heterocycles. The van der Waals surface area contributed by atoms with Crippen LogP contribution in [0, 0.1) is 6.92 Å². The highest BCUT2D eigenvalue weighted by molar-refractivity contribution is 7.14. The number of carbonyl (C=O) groups excluding carboxylic acids is 3. The molecule has 2 atom stereocenters. The molecule has 0 saturated carbocycles. The fourth-order valence-electron chi connectivity index (χ4n) is 3.53. The first-order chi connectivity index (χ1) is 15.8. The van der Waals surface area contributed by atoms with E-state index in [0.717, 1.165) is 27.4 Å². The van der Waals surface area contributed by atoms with Crippen LogP contribution in [-0.4, -0.2) is 44.8 Å². The maximum atomic E-state index is 13.3. The Bertz CT molecular complexity index is 1210. The highest BCUT2D eigenvalue weighted by atomic mass is 32.1. The van der Waals surface area contributed by atoms with E-state index in [2.05, 4.69) is 15.6 Å². The Labute approximate surface area is 193 Å². The normalized spacial score (nSPS) is 16.4. The lowest BCUT2D eigenvalue weighted by Crippen LogP contribution is -2.49. The van der Waals surface area contributed by atoms with Gasteiger partial charge < -0.3 is 15.7 Å². The summed E-state index contributed by atoms with van der Waals surface area (Å²) < 4.78 is 0. The Morgan fingerprint density at radius 3 is 2.48 bits per heavy atom. The predicted molar refractivity (Wildman–Crippen MR) is 121 cm³/mol. The number of rotatable bonds is 7. The van der Waals surface area contributed by atoms with Gasteiger partial charge in [-0.25, -0.2) is 19.5 Å². The molecular formula is C23H20N4O5S. The minimum absolute atomic E-state index is 0.0672. The number of urea groups is 1. The van der Waals surface area contributed by atoms with Crippen molar-refractivity contribution in [2.24, 2.45) is 0 Å². The topological polar surface area (TPSA) is 129 Å². The number of amides is 4. The fraction of sp³-hybridized carbons (Fsp3) is 0.174. The molecule has 4 rings (SSSR count). The third-order valence-electron chi connectivity index (χ3n) is 5.22. The molecule has 1 unspecified atom stereocenters. The summed E-state index contributed by atoms with van der Waals surface area (Å²) in [5.41, 5.74) is 2.18. The third-order valence-corrected chi connectivity index (χ3v) is 5.98. The predicted octanol–water partition coefficient (Wildman–Crippen LogP) is 2.99. The molecule has 1 aliphatic rings. The van der Waals surface area contributed by atoms with Gasteiger partial charge in [-0.15, -0.1) is 11.3 Å². The van der Waals surface area contributed by atoms with Crippen molar-refractivity contribution in [1.82, 2.24) is 15.2 Å². The molecule has 33 heavy (non-hydrogen) atoms. The van der Waals surface area contributed by atoms with E-state index < -0.39 is 35.9 Å². The second kappa shape index (κ2) is 9.21. The SMILES string of the molecule is Cc1ccc(C2NC(=O)N([C@@H](Cc3ccccc3)C(=O)Nc3nc(C(=O)O)cs3)C2=O)cc1. The summed E-state index contributed by atoms with van der Waals surface area (Å²) in [6, 6.07) is 13.5. The lowest BCUT2D eigenvalue weighted by molar-refractivity contribution is -0.134. The fourth-order valence-corrected chi connectivity index (χ4v) is 4.22. The number of thiazole rings is 1. The van der Waals surface area contributed by atoms with Crippen LogP contribution in [0.5, 0.6) is 0 Å². The summed E-state index contributed by atoms with van der Waals surface area (Å²) in [4.78, 5) is 55.2. The number of nitrogens with zero attached hydrogens (tertiary/aromatic N) is 2. The molecule has 2 heterocycles. The summed E-state index contributed by atoms with van der Waals surface area (Å²) in [6.45, 7) is 1.92. The number of carboxylic acid groups (broad SMARTS) is 1. The molecule has 1 saturated heterocycles. The number of hydrogen-bond donors (Lipinski definition) is 3. The first kappa shape index (κ1) is 22.2. The molecule has 0 radical (unpaired) electrons. The number of aromatic nitrogens is 1. The zero-order valence-electron chi connectivity index (χ0n) is 17.5. The summed E-state index contributed by atoms with van der Waals surface area (Å²) in [6.07, 6.45) is 0.0869. The molecule has 2 aromatic carbocycles. The maximum absolute atomic E-state index is 13.3. The number of carboxylic acids is 1. The van der Waals surface area contributed by atoms with E-state index in [1.807, 2.05) is 25.1 Å².